The molecule has 8 nitrogen and oxygen atoms in total. The van der Waals surface area contributed by atoms with Gasteiger partial charge in [-0.1, -0.05) is 0 Å². The number of rotatable bonds is 5. The fraction of sp³-hybridized carbons (Fsp3) is 0.550. The van der Waals surface area contributed by atoms with Crippen LogP contribution in [0.5, 0.6) is 0 Å². The van der Waals surface area contributed by atoms with E-state index < -0.39 is 6.04 Å². The highest BCUT2D eigenvalue weighted by molar-refractivity contribution is 6.04. The summed E-state index contributed by atoms with van der Waals surface area (Å²) < 4.78 is 0. The van der Waals surface area contributed by atoms with Crippen LogP contribution in [0.25, 0.3) is 0 Å². The van der Waals surface area contributed by atoms with Gasteiger partial charge in [-0.2, -0.15) is 0 Å². The first-order valence-electron chi connectivity index (χ1n) is 9.87. The first-order valence-corrected chi connectivity index (χ1v) is 9.87. The standard InChI is InChI=1S/C20H27N5O3/c1-21-19(27)17(4-3-9-26)25-12-15-14(20(25)28)5-6-16-18(15)23(2)11-13-10-22-7-8-24(13)16/h5-6,9,13,17,22H,3-4,7-8,10-12H2,1-2H3,(H,21,27)/t13?,17-/m0/s1. The molecule has 0 aromatic heterocycles. The molecule has 0 radical (unpaired) electrons. The van der Waals surface area contributed by atoms with Crippen molar-refractivity contribution in [1.29, 1.82) is 0 Å². The van der Waals surface area contributed by atoms with E-state index in [1.54, 1.807) is 11.9 Å². The lowest BCUT2D eigenvalue weighted by Gasteiger charge is -2.46. The van der Waals surface area contributed by atoms with E-state index in [1.807, 2.05) is 12.1 Å². The highest BCUT2D eigenvalue weighted by Crippen LogP contribution is 2.43. The van der Waals surface area contributed by atoms with E-state index in [2.05, 4.69) is 27.5 Å². The zero-order valence-electron chi connectivity index (χ0n) is 16.4. The number of amides is 2. The average Bonchev–Trinajstić information content (AvgIpc) is 3.04. The molecule has 1 aromatic carbocycles. The van der Waals surface area contributed by atoms with Crippen molar-refractivity contribution in [2.75, 3.05) is 50.1 Å². The molecule has 0 bridgehead atoms. The molecule has 8 heteroatoms. The van der Waals surface area contributed by atoms with Crippen LogP contribution in [0.3, 0.4) is 0 Å². The molecule has 0 spiro atoms. The molecule has 3 heterocycles. The molecule has 150 valence electrons. The summed E-state index contributed by atoms with van der Waals surface area (Å²) in [7, 11) is 3.63. The molecule has 1 fully saturated rings. The van der Waals surface area contributed by atoms with Crippen LogP contribution in [-0.4, -0.2) is 75.4 Å². The first kappa shape index (κ1) is 18.7. The molecule has 1 aromatic rings. The highest BCUT2D eigenvalue weighted by Gasteiger charge is 2.41. The summed E-state index contributed by atoms with van der Waals surface area (Å²) in [5.74, 6) is -0.361. The summed E-state index contributed by atoms with van der Waals surface area (Å²) in [6, 6.07) is 3.73. The van der Waals surface area contributed by atoms with Gasteiger partial charge in [0.25, 0.3) is 5.91 Å². The van der Waals surface area contributed by atoms with Crippen molar-refractivity contribution in [3.63, 3.8) is 0 Å². The lowest BCUT2D eigenvalue weighted by molar-refractivity contribution is -0.125. The molecule has 2 atom stereocenters. The summed E-state index contributed by atoms with van der Waals surface area (Å²) in [6.45, 7) is 4.15. The Morgan fingerprint density at radius 3 is 3.00 bits per heavy atom. The van der Waals surface area contributed by atoms with Gasteiger partial charge in [-0.05, 0) is 18.6 Å². The van der Waals surface area contributed by atoms with Crippen molar-refractivity contribution in [3.05, 3.63) is 23.3 Å². The average molecular weight is 385 g/mol. The van der Waals surface area contributed by atoms with Gasteiger partial charge in [0.2, 0.25) is 5.91 Å². The Hall–Kier alpha value is -2.61. The molecular weight excluding hydrogens is 358 g/mol. The highest BCUT2D eigenvalue weighted by atomic mass is 16.2. The van der Waals surface area contributed by atoms with Crippen molar-refractivity contribution >= 4 is 29.5 Å². The molecule has 1 unspecified atom stereocenters. The van der Waals surface area contributed by atoms with Crippen LogP contribution in [0.2, 0.25) is 0 Å². The van der Waals surface area contributed by atoms with E-state index in [0.717, 1.165) is 49.4 Å². The van der Waals surface area contributed by atoms with Crippen LogP contribution in [0.4, 0.5) is 11.4 Å². The molecule has 2 N–H and O–H groups in total. The summed E-state index contributed by atoms with van der Waals surface area (Å²) in [5.41, 5.74) is 3.91. The number of benzene rings is 1. The SMILES string of the molecule is CNC(=O)[C@H](CCC=O)N1Cc2c(ccc3c2N(C)CC2CNCCN32)C1=O. The van der Waals surface area contributed by atoms with Crippen LogP contribution in [0, 0.1) is 0 Å². The summed E-state index contributed by atoms with van der Waals surface area (Å²) in [5, 5.41) is 6.08. The number of aldehydes is 1. The van der Waals surface area contributed by atoms with Gasteiger partial charge in [0.15, 0.2) is 0 Å². The van der Waals surface area contributed by atoms with Crippen molar-refractivity contribution in [1.82, 2.24) is 15.5 Å². The quantitative estimate of drug-likeness (QED) is 0.692. The van der Waals surface area contributed by atoms with Crippen LogP contribution in [0.1, 0.15) is 28.8 Å². The van der Waals surface area contributed by atoms with Gasteiger partial charge in [0.1, 0.15) is 12.3 Å². The van der Waals surface area contributed by atoms with Crippen LogP contribution >= 0.6 is 0 Å². The minimum Gasteiger partial charge on any atom is -0.371 e. The Labute approximate surface area is 164 Å². The fourth-order valence-electron chi connectivity index (χ4n) is 4.76. The number of carbonyl (C=O) groups excluding carboxylic acids is 3. The van der Waals surface area contributed by atoms with Gasteiger partial charge in [-0.25, -0.2) is 0 Å². The smallest absolute Gasteiger partial charge is 0.255 e. The lowest BCUT2D eigenvalue weighted by atomic mass is 9.99. The fourth-order valence-corrected chi connectivity index (χ4v) is 4.76. The Morgan fingerprint density at radius 1 is 1.43 bits per heavy atom. The Balaban J connectivity index is 1.70. The normalized spacial score (nSPS) is 21.7. The molecule has 4 rings (SSSR count). The van der Waals surface area contributed by atoms with Crippen molar-refractivity contribution in [3.8, 4) is 0 Å². The molecular formula is C20H27N5O3. The topological polar surface area (TPSA) is 85.0 Å². The van der Waals surface area contributed by atoms with E-state index in [4.69, 9.17) is 0 Å². The van der Waals surface area contributed by atoms with Crippen molar-refractivity contribution in [2.24, 2.45) is 0 Å². The largest absolute Gasteiger partial charge is 0.371 e. The summed E-state index contributed by atoms with van der Waals surface area (Å²) in [6.07, 6.45) is 1.38. The Kier molecular flexibility index (Phi) is 4.97. The number of piperazine rings is 1. The monoisotopic (exact) mass is 385 g/mol. The number of nitrogens with zero attached hydrogens (tertiary/aromatic N) is 3. The van der Waals surface area contributed by atoms with Gasteiger partial charge in [0.05, 0.1) is 17.4 Å². The second kappa shape index (κ2) is 7.43. The number of anilines is 2. The zero-order chi connectivity index (χ0) is 19.8. The maximum absolute atomic E-state index is 13.1. The Morgan fingerprint density at radius 2 is 2.25 bits per heavy atom. The number of fused-ring (bicyclic) bond motifs is 5. The van der Waals surface area contributed by atoms with E-state index in [0.29, 0.717) is 24.6 Å². The predicted molar refractivity (Wildman–Crippen MR) is 107 cm³/mol. The molecule has 0 aliphatic carbocycles. The molecule has 2 amide bonds. The summed E-state index contributed by atoms with van der Waals surface area (Å²) >= 11 is 0. The molecule has 28 heavy (non-hydrogen) atoms. The van der Waals surface area contributed by atoms with Crippen LogP contribution in [0.15, 0.2) is 12.1 Å². The maximum atomic E-state index is 13.1. The maximum Gasteiger partial charge on any atom is 0.255 e. The van der Waals surface area contributed by atoms with E-state index in [9.17, 15) is 14.4 Å². The second-order valence-corrected chi connectivity index (χ2v) is 7.70. The number of likely N-dealkylation sites (N-methyl/N-ethyl adjacent to an activating group) is 2. The third-order valence-corrected chi connectivity index (χ3v) is 6.09. The predicted octanol–water partition coefficient (Wildman–Crippen LogP) is -0.0359. The van der Waals surface area contributed by atoms with Crippen molar-refractivity contribution < 1.29 is 14.4 Å². The van der Waals surface area contributed by atoms with Gasteiger partial charge >= 0.3 is 0 Å². The third-order valence-electron chi connectivity index (χ3n) is 6.09. The van der Waals surface area contributed by atoms with Gasteiger partial charge in [-0.15, -0.1) is 0 Å². The van der Waals surface area contributed by atoms with Crippen molar-refractivity contribution in [2.45, 2.75) is 31.5 Å². The number of nitrogens with one attached hydrogen (secondary N) is 2. The van der Waals surface area contributed by atoms with E-state index in [-0.39, 0.29) is 18.2 Å². The summed E-state index contributed by atoms with van der Waals surface area (Å²) in [4.78, 5) is 42.6. The molecule has 3 aliphatic heterocycles. The number of carbonyl (C=O) groups is 3. The van der Waals surface area contributed by atoms with Crippen LogP contribution < -0.4 is 20.4 Å². The first-order chi connectivity index (χ1) is 13.6. The zero-order valence-corrected chi connectivity index (χ0v) is 16.4. The lowest BCUT2D eigenvalue weighted by Crippen LogP contribution is -2.58. The number of hydrogen-bond acceptors (Lipinski definition) is 6. The van der Waals surface area contributed by atoms with Gasteiger partial charge in [-0.3, -0.25) is 9.59 Å². The molecule has 1 saturated heterocycles. The molecule has 0 saturated carbocycles. The molecule has 3 aliphatic rings. The minimum absolute atomic E-state index is 0.131. The van der Waals surface area contributed by atoms with Gasteiger partial charge < -0.3 is 30.1 Å². The van der Waals surface area contributed by atoms with E-state index >= 15 is 0 Å². The second-order valence-electron chi connectivity index (χ2n) is 7.70. The van der Waals surface area contributed by atoms with Crippen LogP contribution in [-0.2, 0) is 16.1 Å². The number of hydrogen-bond donors (Lipinski definition) is 2. The van der Waals surface area contributed by atoms with E-state index in [1.165, 1.54) is 0 Å². The minimum atomic E-state index is -0.633. The Bertz CT molecular complexity index is 811. The van der Waals surface area contributed by atoms with Gasteiger partial charge in [0, 0.05) is 64.4 Å². The third kappa shape index (κ3) is 2.92.